The molecule has 1 N–H and O–H groups in total. The Kier molecular flexibility index (Phi) is 4.30. The molecule has 4 rings (SSSR count). The van der Waals surface area contributed by atoms with Crippen LogP contribution >= 0.6 is 11.3 Å². The minimum Gasteiger partial charge on any atom is -0.319 e. The number of nitrogens with zero attached hydrogens (tertiary/aromatic N) is 2. The van der Waals surface area contributed by atoms with Crippen molar-refractivity contribution in [2.24, 2.45) is 0 Å². The van der Waals surface area contributed by atoms with Crippen molar-refractivity contribution < 1.29 is 13.2 Å². The van der Waals surface area contributed by atoms with E-state index in [1.807, 2.05) is 5.38 Å². The van der Waals surface area contributed by atoms with Crippen LogP contribution in [0.25, 0.3) is 21.6 Å². The molecule has 2 heterocycles. The predicted octanol–water partition coefficient (Wildman–Crippen LogP) is 5.11. The summed E-state index contributed by atoms with van der Waals surface area (Å²) < 4.78 is 39.2. The van der Waals surface area contributed by atoms with Crippen molar-refractivity contribution in [2.75, 3.05) is 0 Å². The number of aromatic amines is 1. The zero-order chi connectivity index (χ0) is 18.3. The van der Waals surface area contributed by atoms with Gasteiger partial charge in [-0.25, -0.2) is 9.97 Å². The van der Waals surface area contributed by atoms with Gasteiger partial charge in [-0.2, -0.15) is 13.2 Å². The van der Waals surface area contributed by atoms with Gasteiger partial charge in [0.25, 0.3) is 5.56 Å². The molecule has 4 nitrogen and oxygen atoms in total. The van der Waals surface area contributed by atoms with Gasteiger partial charge in [0.15, 0.2) is 0 Å². The molecule has 26 heavy (non-hydrogen) atoms. The molecule has 0 radical (unpaired) electrons. The highest BCUT2D eigenvalue weighted by Crippen LogP contribution is 2.37. The van der Waals surface area contributed by atoms with Crippen LogP contribution in [0.15, 0.2) is 28.4 Å². The van der Waals surface area contributed by atoms with E-state index in [4.69, 9.17) is 0 Å². The zero-order valence-corrected chi connectivity index (χ0v) is 14.6. The SMILES string of the molecule is O=c1[nH]c2cccc(-c3nc(C4CCCCC4)cs3)c2nc1C(F)(F)F. The van der Waals surface area contributed by atoms with Gasteiger partial charge in [0, 0.05) is 16.9 Å². The molecule has 0 amide bonds. The molecule has 1 aliphatic rings. The Morgan fingerprint density at radius 2 is 1.88 bits per heavy atom. The molecule has 8 heteroatoms. The molecule has 1 saturated carbocycles. The van der Waals surface area contributed by atoms with E-state index in [2.05, 4.69) is 15.0 Å². The van der Waals surface area contributed by atoms with Gasteiger partial charge in [-0.3, -0.25) is 4.79 Å². The Balaban J connectivity index is 1.81. The molecule has 136 valence electrons. The summed E-state index contributed by atoms with van der Waals surface area (Å²) in [5, 5.41) is 2.62. The van der Waals surface area contributed by atoms with E-state index in [1.54, 1.807) is 18.2 Å². The Hall–Kier alpha value is -2.22. The topological polar surface area (TPSA) is 58.6 Å². The van der Waals surface area contributed by atoms with Crippen LogP contribution in [0.5, 0.6) is 0 Å². The van der Waals surface area contributed by atoms with Gasteiger partial charge < -0.3 is 4.98 Å². The van der Waals surface area contributed by atoms with Gasteiger partial charge in [-0.1, -0.05) is 25.3 Å². The molecule has 0 spiro atoms. The molecule has 0 unspecified atom stereocenters. The summed E-state index contributed by atoms with van der Waals surface area (Å²) >= 11 is 1.40. The van der Waals surface area contributed by atoms with Gasteiger partial charge >= 0.3 is 6.18 Å². The van der Waals surface area contributed by atoms with Crippen LogP contribution in [0.2, 0.25) is 0 Å². The predicted molar refractivity (Wildman–Crippen MR) is 94.3 cm³/mol. The monoisotopic (exact) mass is 379 g/mol. The van der Waals surface area contributed by atoms with Gasteiger partial charge in [0.1, 0.15) is 5.01 Å². The first-order valence-corrected chi connectivity index (χ1v) is 9.37. The van der Waals surface area contributed by atoms with Crippen molar-refractivity contribution in [1.29, 1.82) is 0 Å². The number of halogens is 3. The van der Waals surface area contributed by atoms with E-state index < -0.39 is 17.4 Å². The van der Waals surface area contributed by atoms with E-state index in [0.717, 1.165) is 18.5 Å². The summed E-state index contributed by atoms with van der Waals surface area (Å²) in [6.45, 7) is 0. The molecule has 3 aromatic rings. The molecule has 0 aliphatic heterocycles. The normalized spacial score (nSPS) is 16.3. The minimum atomic E-state index is -4.80. The van der Waals surface area contributed by atoms with Gasteiger partial charge in [-0.15, -0.1) is 11.3 Å². The summed E-state index contributed by atoms with van der Waals surface area (Å²) in [5.74, 6) is 0.419. The first-order valence-electron chi connectivity index (χ1n) is 8.49. The van der Waals surface area contributed by atoms with Crippen LogP contribution in [-0.2, 0) is 6.18 Å². The highest BCUT2D eigenvalue weighted by molar-refractivity contribution is 7.13. The lowest BCUT2D eigenvalue weighted by Crippen LogP contribution is -2.23. The number of para-hydroxylation sites is 1. The van der Waals surface area contributed by atoms with Crippen LogP contribution in [0, 0.1) is 0 Å². The van der Waals surface area contributed by atoms with E-state index >= 15 is 0 Å². The van der Waals surface area contributed by atoms with Crippen LogP contribution in [0.3, 0.4) is 0 Å². The highest BCUT2D eigenvalue weighted by atomic mass is 32.1. The first-order chi connectivity index (χ1) is 12.4. The van der Waals surface area contributed by atoms with Crippen LogP contribution in [0.4, 0.5) is 13.2 Å². The first kappa shape index (κ1) is 17.2. The molecule has 0 saturated heterocycles. The Bertz CT molecular complexity index is 1000. The number of aromatic nitrogens is 3. The standard InChI is InChI=1S/C18H16F3N3OS/c19-18(20,21)15-16(25)22-12-8-4-7-11(14(12)24-15)17-23-13(9-26-17)10-5-2-1-3-6-10/h4,7-10H,1-3,5-6H2,(H,22,25). The Morgan fingerprint density at radius 1 is 1.12 bits per heavy atom. The van der Waals surface area contributed by atoms with Gasteiger partial charge in [0.2, 0.25) is 5.69 Å². The van der Waals surface area contributed by atoms with Gasteiger partial charge in [-0.05, 0) is 25.0 Å². The smallest absolute Gasteiger partial charge is 0.319 e. The number of thiazole rings is 1. The fourth-order valence-corrected chi connectivity index (χ4v) is 4.40. The fourth-order valence-electron chi connectivity index (χ4n) is 3.47. The number of hydrogen-bond donors (Lipinski definition) is 1. The van der Waals surface area contributed by atoms with Crippen molar-refractivity contribution in [3.05, 3.63) is 45.3 Å². The van der Waals surface area contributed by atoms with Gasteiger partial charge in [0.05, 0.1) is 16.7 Å². The summed E-state index contributed by atoms with van der Waals surface area (Å²) in [4.78, 5) is 22.3. The number of benzene rings is 1. The second-order valence-corrected chi connectivity index (χ2v) is 7.38. The van der Waals surface area contributed by atoms with E-state index in [0.29, 0.717) is 16.5 Å². The third-order valence-electron chi connectivity index (χ3n) is 4.77. The number of fused-ring (bicyclic) bond motifs is 1. The summed E-state index contributed by atoms with van der Waals surface area (Å²) in [6.07, 6.45) is 1.01. The molecule has 1 aromatic carbocycles. The fraction of sp³-hybridized carbons (Fsp3) is 0.389. The van der Waals surface area contributed by atoms with Crippen molar-refractivity contribution in [3.8, 4) is 10.6 Å². The van der Waals surface area contributed by atoms with Crippen molar-refractivity contribution >= 4 is 22.4 Å². The van der Waals surface area contributed by atoms with E-state index in [-0.39, 0.29) is 11.0 Å². The maximum atomic E-state index is 13.1. The van der Waals surface area contributed by atoms with Crippen LogP contribution in [-0.4, -0.2) is 15.0 Å². The third kappa shape index (κ3) is 3.13. The minimum absolute atomic E-state index is 0.115. The third-order valence-corrected chi connectivity index (χ3v) is 5.66. The van der Waals surface area contributed by atoms with Crippen LogP contribution in [0.1, 0.15) is 49.4 Å². The number of rotatable bonds is 2. The number of hydrogen-bond acceptors (Lipinski definition) is 4. The lowest BCUT2D eigenvalue weighted by molar-refractivity contribution is -0.142. The average molecular weight is 379 g/mol. The lowest BCUT2D eigenvalue weighted by atomic mass is 9.87. The molecule has 0 atom stereocenters. The maximum absolute atomic E-state index is 13.1. The summed E-state index contributed by atoms with van der Waals surface area (Å²) in [6, 6.07) is 4.92. The second kappa shape index (κ2) is 6.50. The van der Waals surface area contributed by atoms with E-state index in [1.165, 1.54) is 30.6 Å². The Morgan fingerprint density at radius 3 is 2.62 bits per heavy atom. The summed E-state index contributed by atoms with van der Waals surface area (Å²) in [7, 11) is 0. The molecule has 2 aromatic heterocycles. The quantitative estimate of drug-likeness (QED) is 0.673. The van der Waals surface area contributed by atoms with Crippen molar-refractivity contribution in [1.82, 2.24) is 15.0 Å². The van der Waals surface area contributed by atoms with Crippen LogP contribution < -0.4 is 5.56 Å². The number of nitrogens with one attached hydrogen (secondary N) is 1. The zero-order valence-electron chi connectivity index (χ0n) is 13.8. The van der Waals surface area contributed by atoms with Crippen molar-refractivity contribution in [3.63, 3.8) is 0 Å². The Labute approximate surface area is 151 Å². The van der Waals surface area contributed by atoms with E-state index in [9.17, 15) is 18.0 Å². The molecule has 0 bridgehead atoms. The summed E-state index contributed by atoms with van der Waals surface area (Å²) in [5.41, 5.74) is -0.761. The highest BCUT2D eigenvalue weighted by Gasteiger charge is 2.36. The maximum Gasteiger partial charge on any atom is 0.438 e. The number of H-pyrrole nitrogens is 1. The molecular formula is C18H16F3N3OS. The number of alkyl halides is 3. The average Bonchev–Trinajstić information content (AvgIpc) is 3.10. The second-order valence-electron chi connectivity index (χ2n) is 6.53. The molecular weight excluding hydrogens is 363 g/mol. The largest absolute Gasteiger partial charge is 0.438 e. The molecule has 1 fully saturated rings. The van der Waals surface area contributed by atoms with Crippen molar-refractivity contribution in [2.45, 2.75) is 44.2 Å². The molecule has 1 aliphatic carbocycles. The lowest BCUT2D eigenvalue weighted by Gasteiger charge is -2.19.